The predicted octanol–water partition coefficient (Wildman–Crippen LogP) is 3.40. The first kappa shape index (κ1) is 18.0. The second kappa shape index (κ2) is 7.39. The third-order valence-corrected chi connectivity index (χ3v) is 5.98. The maximum absolute atomic E-state index is 13.8. The van der Waals surface area contributed by atoms with Crippen molar-refractivity contribution >= 4 is 5.95 Å². The molecule has 4 heterocycles. The number of anilines is 1. The van der Waals surface area contributed by atoms with Crippen LogP contribution in [0.1, 0.15) is 12.5 Å². The van der Waals surface area contributed by atoms with Crippen LogP contribution in [-0.2, 0) is 6.42 Å². The summed E-state index contributed by atoms with van der Waals surface area (Å²) in [6.07, 6.45) is 9.20. The van der Waals surface area contributed by atoms with Crippen LogP contribution in [0.15, 0.2) is 49.2 Å². The van der Waals surface area contributed by atoms with E-state index in [1.165, 1.54) is 6.20 Å². The van der Waals surface area contributed by atoms with Gasteiger partial charge in [0, 0.05) is 43.2 Å². The minimum absolute atomic E-state index is 0.377. The fraction of sp³-hybridized carbons (Fsp3) is 0.364. The number of hydrogen-bond acceptors (Lipinski definition) is 6. The van der Waals surface area contributed by atoms with Crippen molar-refractivity contribution < 1.29 is 9.13 Å². The van der Waals surface area contributed by atoms with Gasteiger partial charge in [-0.05, 0) is 42.0 Å². The van der Waals surface area contributed by atoms with Gasteiger partial charge in [-0.15, -0.1) is 0 Å². The zero-order valence-corrected chi connectivity index (χ0v) is 16.2. The molecule has 1 aliphatic carbocycles. The molecule has 3 atom stereocenters. The molecule has 5 rings (SSSR count). The lowest BCUT2D eigenvalue weighted by molar-refractivity contribution is 0.282. The lowest BCUT2D eigenvalue weighted by Gasteiger charge is -2.19. The van der Waals surface area contributed by atoms with Gasteiger partial charge < -0.3 is 9.64 Å². The summed E-state index contributed by atoms with van der Waals surface area (Å²) < 4.78 is 19.8. The molecule has 6 nitrogen and oxygen atoms in total. The van der Waals surface area contributed by atoms with Crippen molar-refractivity contribution in [2.24, 2.45) is 17.8 Å². The quantitative estimate of drug-likeness (QED) is 0.642. The molecular formula is C22H22FN5O. The van der Waals surface area contributed by atoms with Crippen molar-refractivity contribution in [1.29, 1.82) is 0 Å². The Morgan fingerprint density at radius 3 is 2.48 bits per heavy atom. The third kappa shape index (κ3) is 3.52. The molecule has 0 N–H and O–H groups in total. The van der Waals surface area contributed by atoms with Crippen molar-refractivity contribution in [2.75, 3.05) is 24.6 Å². The molecule has 1 aliphatic heterocycles. The van der Waals surface area contributed by atoms with Gasteiger partial charge in [0.2, 0.25) is 5.95 Å². The highest BCUT2D eigenvalue weighted by molar-refractivity contribution is 5.59. The summed E-state index contributed by atoms with van der Waals surface area (Å²) in [6.45, 7) is 4.77. The standard InChI is InChI=1S/C22H22FN5O/c1-2-14-7-26-22(27-8-14)28-11-17-18(12-28)19(17)13-29-15-3-4-21(25-9-15)16-5-6-24-10-20(16)23/h3-10,17-19H,2,11-13H2,1H3/t17-,18+,19?. The molecule has 1 saturated heterocycles. The Bertz CT molecular complexity index is 983. The Kier molecular flexibility index (Phi) is 4.58. The van der Waals surface area contributed by atoms with Crippen LogP contribution in [0, 0.1) is 23.6 Å². The van der Waals surface area contributed by atoms with Crippen molar-refractivity contribution in [1.82, 2.24) is 19.9 Å². The lowest BCUT2D eigenvalue weighted by Crippen LogP contribution is -2.27. The molecule has 2 aliphatic rings. The maximum atomic E-state index is 13.8. The highest BCUT2D eigenvalue weighted by Crippen LogP contribution is 2.52. The second-order valence-corrected chi connectivity index (χ2v) is 7.69. The largest absolute Gasteiger partial charge is 0.492 e. The molecule has 0 bridgehead atoms. The van der Waals surface area contributed by atoms with Crippen LogP contribution in [0.3, 0.4) is 0 Å². The van der Waals surface area contributed by atoms with E-state index in [0.29, 0.717) is 41.4 Å². The van der Waals surface area contributed by atoms with Gasteiger partial charge >= 0.3 is 0 Å². The molecule has 0 radical (unpaired) electrons. The van der Waals surface area contributed by atoms with Crippen molar-refractivity contribution in [2.45, 2.75) is 13.3 Å². The van der Waals surface area contributed by atoms with E-state index in [1.54, 1.807) is 24.5 Å². The van der Waals surface area contributed by atoms with Crippen LogP contribution in [0.4, 0.5) is 10.3 Å². The number of piperidine rings is 1. The van der Waals surface area contributed by atoms with Gasteiger partial charge in [-0.3, -0.25) is 9.97 Å². The van der Waals surface area contributed by atoms with Crippen LogP contribution in [0.5, 0.6) is 5.75 Å². The molecule has 2 fully saturated rings. The first-order valence-electron chi connectivity index (χ1n) is 9.97. The smallest absolute Gasteiger partial charge is 0.225 e. The first-order valence-corrected chi connectivity index (χ1v) is 9.97. The molecule has 148 valence electrons. The Hall–Kier alpha value is -3.09. The first-order chi connectivity index (χ1) is 14.2. The molecule has 1 unspecified atom stereocenters. The normalized spacial score (nSPS) is 22.4. The zero-order valence-electron chi connectivity index (χ0n) is 16.2. The van der Waals surface area contributed by atoms with Gasteiger partial charge in [-0.2, -0.15) is 0 Å². The summed E-state index contributed by atoms with van der Waals surface area (Å²) in [6, 6.07) is 5.24. The molecule has 0 amide bonds. The van der Waals surface area contributed by atoms with Gasteiger partial charge in [0.05, 0.1) is 24.7 Å². The van der Waals surface area contributed by atoms with E-state index >= 15 is 0 Å². The van der Waals surface area contributed by atoms with E-state index in [0.717, 1.165) is 31.0 Å². The van der Waals surface area contributed by atoms with Crippen molar-refractivity contribution in [3.8, 4) is 17.0 Å². The molecule has 0 spiro atoms. The van der Waals surface area contributed by atoms with Crippen LogP contribution < -0.4 is 9.64 Å². The van der Waals surface area contributed by atoms with Crippen LogP contribution in [0.2, 0.25) is 0 Å². The number of fused-ring (bicyclic) bond motifs is 1. The van der Waals surface area contributed by atoms with Crippen molar-refractivity contribution in [3.63, 3.8) is 0 Å². The fourth-order valence-corrected chi connectivity index (χ4v) is 4.15. The minimum Gasteiger partial charge on any atom is -0.492 e. The van der Waals surface area contributed by atoms with E-state index < -0.39 is 0 Å². The van der Waals surface area contributed by atoms with Gasteiger partial charge in [0.15, 0.2) is 5.82 Å². The highest BCUT2D eigenvalue weighted by atomic mass is 19.1. The molecule has 29 heavy (non-hydrogen) atoms. The number of aromatic nitrogens is 4. The Morgan fingerprint density at radius 2 is 1.83 bits per heavy atom. The average Bonchev–Trinajstić information content (AvgIpc) is 3.22. The number of halogens is 1. The predicted molar refractivity (Wildman–Crippen MR) is 107 cm³/mol. The Labute approximate surface area is 168 Å². The molecule has 0 aromatic carbocycles. The summed E-state index contributed by atoms with van der Waals surface area (Å²) in [5.41, 5.74) is 2.18. The van der Waals surface area contributed by atoms with Crippen molar-refractivity contribution in [3.05, 3.63) is 60.6 Å². The van der Waals surface area contributed by atoms with E-state index in [-0.39, 0.29) is 5.82 Å². The molecule has 1 saturated carbocycles. The second-order valence-electron chi connectivity index (χ2n) is 7.69. The van der Waals surface area contributed by atoms with Gasteiger partial charge in [0.1, 0.15) is 5.75 Å². The topological polar surface area (TPSA) is 64.0 Å². The summed E-state index contributed by atoms with van der Waals surface area (Å²) in [4.78, 5) is 19.3. The van der Waals surface area contributed by atoms with E-state index in [9.17, 15) is 4.39 Å². The van der Waals surface area contributed by atoms with E-state index in [2.05, 4.69) is 31.8 Å². The summed E-state index contributed by atoms with van der Waals surface area (Å²) in [5.74, 6) is 3.02. The third-order valence-electron chi connectivity index (χ3n) is 5.98. The molecular weight excluding hydrogens is 369 g/mol. The van der Waals surface area contributed by atoms with Gasteiger partial charge in [-0.1, -0.05) is 6.92 Å². The molecule has 7 heteroatoms. The lowest BCUT2D eigenvalue weighted by atomic mass is 10.2. The molecule has 3 aromatic heterocycles. The van der Waals surface area contributed by atoms with Crippen LogP contribution in [-0.4, -0.2) is 39.6 Å². The fourth-order valence-electron chi connectivity index (χ4n) is 4.15. The highest BCUT2D eigenvalue weighted by Gasteiger charge is 2.56. The Morgan fingerprint density at radius 1 is 1.03 bits per heavy atom. The van der Waals surface area contributed by atoms with E-state index in [1.807, 2.05) is 18.5 Å². The van der Waals surface area contributed by atoms with E-state index in [4.69, 9.17) is 4.74 Å². The number of rotatable bonds is 6. The summed E-state index contributed by atoms with van der Waals surface area (Å²) in [7, 11) is 0. The summed E-state index contributed by atoms with van der Waals surface area (Å²) >= 11 is 0. The number of hydrogen-bond donors (Lipinski definition) is 0. The maximum Gasteiger partial charge on any atom is 0.225 e. The molecule has 3 aromatic rings. The Balaban J connectivity index is 1.14. The average molecular weight is 391 g/mol. The number of nitrogens with zero attached hydrogens (tertiary/aromatic N) is 5. The summed E-state index contributed by atoms with van der Waals surface area (Å²) in [5, 5.41) is 0. The number of pyridine rings is 2. The van der Waals surface area contributed by atoms with Gasteiger partial charge in [-0.25, -0.2) is 14.4 Å². The van der Waals surface area contributed by atoms with Gasteiger partial charge in [0.25, 0.3) is 0 Å². The number of aryl methyl sites for hydroxylation is 1. The zero-order chi connectivity index (χ0) is 19.8. The SMILES string of the molecule is CCc1cnc(N2C[C@@H]3C(COc4ccc(-c5ccncc5F)nc4)[C@@H]3C2)nc1. The monoisotopic (exact) mass is 391 g/mol. The number of ether oxygens (including phenoxy) is 1. The minimum atomic E-state index is -0.377. The van der Waals surface area contributed by atoms with Crippen LogP contribution in [0.25, 0.3) is 11.3 Å². The van der Waals surface area contributed by atoms with Crippen LogP contribution >= 0.6 is 0 Å².